The third-order valence-electron chi connectivity index (χ3n) is 3.34. The summed E-state index contributed by atoms with van der Waals surface area (Å²) in [4.78, 5) is 0. The lowest BCUT2D eigenvalue weighted by Gasteiger charge is -2.36. The average molecular weight is 295 g/mol. The van der Waals surface area contributed by atoms with E-state index in [4.69, 9.17) is 0 Å². The van der Waals surface area contributed by atoms with Crippen molar-refractivity contribution in [3.8, 4) is 0 Å². The highest BCUT2D eigenvalue weighted by Crippen LogP contribution is 2.22. The molecule has 2 nitrogen and oxygen atoms in total. The highest BCUT2D eigenvalue weighted by Gasteiger charge is 2.22. The molecule has 1 saturated heterocycles. The van der Waals surface area contributed by atoms with Gasteiger partial charge in [-0.15, -0.1) is 0 Å². The van der Waals surface area contributed by atoms with Crippen molar-refractivity contribution in [1.29, 1.82) is 0 Å². The van der Waals surface area contributed by atoms with Crippen molar-refractivity contribution in [2.45, 2.75) is 45.2 Å². The predicted molar refractivity (Wildman–Crippen MR) is 76.4 cm³/mol. The Labute approximate surface area is 112 Å². The molecule has 2 unspecified atom stereocenters. The lowest BCUT2D eigenvalue weighted by atomic mass is 10.00. The SMILES string of the molecule is CC1CCCC(C)N1N=Cc1cccc(Br)c1. The number of rotatable bonds is 2. The molecule has 2 rings (SSSR count). The summed E-state index contributed by atoms with van der Waals surface area (Å²) in [6.45, 7) is 4.52. The number of nitrogens with zero attached hydrogens (tertiary/aromatic N) is 2. The predicted octanol–water partition coefficient (Wildman–Crippen LogP) is 4.05. The van der Waals surface area contributed by atoms with Crippen LogP contribution < -0.4 is 0 Å². The third kappa shape index (κ3) is 3.32. The van der Waals surface area contributed by atoms with E-state index in [1.165, 1.54) is 19.3 Å². The van der Waals surface area contributed by atoms with Crippen molar-refractivity contribution in [2.75, 3.05) is 0 Å². The zero-order chi connectivity index (χ0) is 12.3. The first-order valence-corrected chi connectivity index (χ1v) is 7.04. The number of hydrogen-bond donors (Lipinski definition) is 0. The molecule has 0 radical (unpaired) electrons. The zero-order valence-corrected chi connectivity index (χ0v) is 12.0. The minimum Gasteiger partial charge on any atom is -0.292 e. The van der Waals surface area contributed by atoms with E-state index < -0.39 is 0 Å². The summed E-state index contributed by atoms with van der Waals surface area (Å²) in [7, 11) is 0. The van der Waals surface area contributed by atoms with Crippen LogP contribution in [0.5, 0.6) is 0 Å². The molecule has 0 N–H and O–H groups in total. The molecule has 1 aromatic carbocycles. The Morgan fingerprint density at radius 3 is 2.65 bits per heavy atom. The van der Waals surface area contributed by atoms with Crippen LogP contribution in [0.4, 0.5) is 0 Å². The van der Waals surface area contributed by atoms with Crippen LogP contribution in [-0.2, 0) is 0 Å². The summed E-state index contributed by atoms with van der Waals surface area (Å²) in [6.07, 6.45) is 5.79. The van der Waals surface area contributed by atoms with Crippen LogP contribution in [0.2, 0.25) is 0 Å². The normalized spacial score (nSPS) is 25.5. The second kappa shape index (κ2) is 5.67. The molecule has 0 spiro atoms. The van der Waals surface area contributed by atoms with Gasteiger partial charge in [-0.3, -0.25) is 5.01 Å². The highest BCUT2D eigenvalue weighted by molar-refractivity contribution is 9.10. The quantitative estimate of drug-likeness (QED) is 0.752. The van der Waals surface area contributed by atoms with Gasteiger partial charge in [0, 0.05) is 16.6 Å². The van der Waals surface area contributed by atoms with Crippen LogP contribution in [0, 0.1) is 0 Å². The molecule has 1 fully saturated rings. The van der Waals surface area contributed by atoms with Crippen molar-refractivity contribution >= 4 is 22.1 Å². The van der Waals surface area contributed by atoms with Crippen LogP contribution >= 0.6 is 15.9 Å². The summed E-state index contributed by atoms with van der Waals surface area (Å²) < 4.78 is 1.10. The first kappa shape index (κ1) is 12.6. The fraction of sp³-hybridized carbons (Fsp3) is 0.500. The second-order valence-corrected chi connectivity index (χ2v) is 5.72. The van der Waals surface area contributed by atoms with E-state index in [1.54, 1.807) is 0 Å². The molecule has 17 heavy (non-hydrogen) atoms. The van der Waals surface area contributed by atoms with Crippen LogP contribution in [0.15, 0.2) is 33.8 Å². The summed E-state index contributed by atoms with van der Waals surface area (Å²) in [5.74, 6) is 0. The van der Waals surface area contributed by atoms with E-state index >= 15 is 0 Å². The molecule has 92 valence electrons. The van der Waals surface area contributed by atoms with Gasteiger partial charge in [-0.1, -0.05) is 28.1 Å². The maximum atomic E-state index is 4.64. The van der Waals surface area contributed by atoms with Crippen molar-refractivity contribution in [1.82, 2.24) is 5.01 Å². The van der Waals surface area contributed by atoms with E-state index in [-0.39, 0.29) is 0 Å². The number of halogens is 1. The van der Waals surface area contributed by atoms with Crippen molar-refractivity contribution in [3.63, 3.8) is 0 Å². The minimum atomic E-state index is 0.558. The summed E-state index contributed by atoms with van der Waals surface area (Å²) in [5.41, 5.74) is 1.14. The van der Waals surface area contributed by atoms with Gasteiger partial charge in [0.2, 0.25) is 0 Å². The molecular formula is C14H19BrN2. The van der Waals surface area contributed by atoms with Crippen molar-refractivity contribution in [3.05, 3.63) is 34.3 Å². The van der Waals surface area contributed by atoms with Gasteiger partial charge in [0.25, 0.3) is 0 Å². The van der Waals surface area contributed by atoms with Crippen LogP contribution in [0.3, 0.4) is 0 Å². The molecule has 1 aliphatic rings. The Hall–Kier alpha value is -0.830. The third-order valence-corrected chi connectivity index (χ3v) is 3.83. The van der Waals surface area contributed by atoms with Crippen LogP contribution in [-0.4, -0.2) is 23.3 Å². The first-order valence-electron chi connectivity index (χ1n) is 6.24. The van der Waals surface area contributed by atoms with E-state index in [2.05, 4.69) is 52.0 Å². The smallest absolute Gasteiger partial charge is 0.0543 e. The number of piperidine rings is 1. The molecule has 0 bridgehead atoms. The fourth-order valence-corrected chi connectivity index (χ4v) is 2.77. The maximum absolute atomic E-state index is 4.64. The monoisotopic (exact) mass is 294 g/mol. The first-order chi connectivity index (χ1) is 8.16. The van der Waals surface area contributed by atoms with Crippen molar-refractivity contribution < 1.29 is 0 Å². The highest BCUT2D eigenvalue weighted by atomic mass is 79.9. The molecule has 1 heterocycles. The molecule has 1 aromatic rings. The van der Waals surface area contributed by atoms with Crippen molar-refractivity contribution in [2.24, 2.45) is 5.10 Å². The number of hydrogen-bond acceptors (Lipinski definition) is 2. The molecule has 1 aliphatic heterocycles. The largest absolute Gasteiger partial charge is 0.292 e. The Balaban J connectivity index is 2.08. The average Bonchev–Trinajstić information content (AvgIpc) is 2.28. The van der Waals surface area contributed by atoms with Gasteiger partial charge >= 0.3 is 0 Å². The fourth-order valence-electron chi connectivity index (χ4n) is 2.36. The molecule has 0 amide bonds. The van der Waals surface area contributed by atoms with E-state index in [0.29, 0.717) is 12.1 Å². The topological polar surface area (TPSA) is 15.6 Å². The lowest BCUT2D eigenvalue weighted by molar-refractivity contribution is 0.109. The lowest BCUT2D eigenvalue weighted by Crippen LogP contribution is -2.39. The Morgan fingerprint density at radius 1 is 1.29 bits per heavy atom. The van der Waals surface area contributed by atoms with Gasteiger partial charge in [0.1, 0.15) is 0 Å². The Kier molecular flexibility index (Phi) is 4.21. The van der Waals surface area contributed by atoms with E-state index in [1.807, 2.05) is 18.3 Å². The van der Waals surface area contributed by atoms with Gasteiger partial charge in [-0.2, -0.15) is 5.10 Å². The maximum Gasteiger partial charge on any atom is 0.0543 e. The number of benzene rings is 1. The summed E-state index contributed by atoms with van der Waals surface area (Å²) in [5, 5.41) is 6.88. The minimum absolute atomic E-state index is 0.558. The molecule has 0 aromatic heterocycles. The van der Waals surface area contributed by atoms with Crippen LogP contribution in [0.25, 0.3) is 0 Å². The van der Waals surface area contributed by atoms with E-state index in [9.17, 15) is 0 Å². The summed E-state index contributed by atoms with van der Waals surface area (Å²) in [6, 6.07) is 9.35. The van der Waals surface area contributed by atoms with Gasteiger partial charge < -0.3 is 0 Å². The Morgan fingerprint density at radius 2 is 2.00 bits per heavy atom. The molecular weight excluding hydrogens is 276 g/mol. The van der Waals surface area contributed by atoms with Gasteiger partial charge in [0.05, 0.1) is 6.21 Å². The van der Waals surface area contributed by atoms with E-state index in [0.717, 1.165) is 10.0 Å². The standard InChI is InChI=1S/C14H19BrN2/c1-11-5-3-6-12(2)17(11)16-10-13-7-4-8-14(15)9-13/h4,7-12H,3,5-6H2,1-2H3. The van der Waals surface area contributed by atoms with Crippen LogP contribution in [0.1, 0.15) is 38.7 Å². The molecule has 3 heteroatoms. The van der Waals surface area contributed by atoms with Gasteiger partial charge in [-0.05, 0) is 50.8 Å². The number of hydrazone groups is 1. The molecule has 2 atom stereocenters. The molecule has 0 saturated carbocycles. The Bertz CT molecular complexity index is 393. The zero-order valence-electron chi connectivity index (χ0n) is 10.4. The van der Waals surface area contributed by atoms with Gasteiger partial charge in [0.15, 0.2) is 0 Å². The summed E-state index contributed by atoms with van der Waals surface area (Å²) >= 11 is 3.48. The molecule has 0 aliphatic carbocycles. The van der Waals surface area contributed by atoms with Gasteiger partial charge in [-0.25, -0.2) is 0 Å². The second-order valence-electron chi connectivity index (χ2n) is 4.81.